The molecule has 0 unspecified atom stereocenters. The fourth-order valence-corrected chi connectivity index (χ4v) is 8.21. The number of nitriles is 1. The van der Waals surface area contributed by atoms with E-state index in [-0.39, 0.29) is 54.4 Å². The van der Waals surface area contributed by atoms with Crippen LogP contribution < -0.4 is 9.30 Å². The van der Waals surface area contributed by atoms with Crippen molar-refractivity contribution in [1.82, 2.24) is 19.1 Å². The monoisotopic (exact) mass is 1040 g/mol. The summed E-state index contributed by atoms with van der Waals surface area (Å²) in [5, 5.41) is 11.7. The Bertz CT molecular complexity index is 4110. The topological polar surface area (TPSA) is 72.5 Å². The molecule has 0 saturated carbocycles. The molecule has 0 aliphatic heterocycles. The van der Waals surface area contributed by atoms with Crippen LogP contribution in [0.1, 0.15) is 45.6 Å². The van der Waals surface area contributed by atoms with Crippen LogP contribution in [0.25, 0.3) is 83.5 Å². The van der Waals surface area contributed by atoms with Crippen LogP contribution in [0.3, 0.4) is 0 Å². The van der Waals surface area contributed by atoms with Gasteiger partial charge in [0.1, 0.15) is 11.9 Å². The number of para-hydroxylation sites is 3. The van der Waals surface area contributed by atoms with Gasteiger partial charge in [0.15, 0.2) is 0 Å². The van der Waals surface area contributed by atoms with Crippen LogP contribution >= 0.6 is 0 Å². The van der Waals surface area contributed by atoms with Crippen molar-refractivity contribution >= 4 is 32.8 Å². The first-order valence-corrected chi connectivity index (χ1v) is 20.7. The van der Waals surface area contributed by atoms with E-state index in [1.165, 1.54) is 0 Å². The van der Waals surface area contributed by atoms with Gasteiger partial charge in [0, 0.05) is 56.0 Å². The number of aromatic nitrogens is 5. The number of fused-ring (bicyclic) bond motifs is 4. The third-order valence-corrected chi connectivity index (χ3v) is 11.3. The van der Waals surface area contributed by atoms with Crippen molar-refractivity contribution in [1.29, 1.82) is 5.26 Å². The summed E-state index contributed by atoms with van der Waals surface area (Å²) in [7, 11) is 0. The second kappa shape index (κ2) is 17.2. The maximum absolute atomic E-state index is 9.93. The molecule has 0 aliphatic carbocycles. The molecule has 0 bridgehead atoms. The van der Waals surface area contributed by atoms with E-state index < -0.39 is 60.4 Å². The number of nitrogens with zero attached hydrogens (tertiary/aromatic N) is 6. The van der Waals surface area contributed by atoms with E-state index in [1.54, 1.807) is 82.2 Å². The van der Waals surface area contributed by atoms with Crippen molar-refractivity contribution in [2.45, 2.75) is 26.2 Å². The molecule has 0 atom stereocenters. The fourth-order valence-electron chi connectivity index (χ4n) is 8.21. The molecule has 4 aromatic heterocycles. The first-order valence-electron chi connectivity index (χ1n) is 25.7. The van der Waals surface area contributed by atoms with E-state index in [9.17, 15) is 5.26 Å². The number of ether oxygens (including phenoxy) is 1. The van der Waals surface area contributed by atoms with Crippen LogP contribution in [0.15, 0.2) is 188 Å². The van der Waals surface area contributed by atoms with Crippen molar-refractivity contribution in [3.05, 3.63) is 218 Å². The molecule has 0 amide bonds. The van der Waals surface area contributed by atoms with E-state index in [0.717, 1.165) is 27.4 Å². The molecule has 4 heterocycles. The van der Waals surface area contributed by atoms with Gasteiger partial charge in [-0.25, -0.2) is 4.98 Å². The number of pyridine rings is 2. The Morgan fingerprint density at radius 3 is 2.14 bits per heavy atom. The summed E-state index contributed by atoms with van der Waals surface area (Å²) in [6.07, 6.45) is 6.86. The average molecular weight is 1040 g/mol. The van der Waals surface area contributed by atoms with Gasteiger partial charge in [0.2, 0.25) is 0 Å². The standard InChI is InChI=1S/C58H40N6O.Pt/c1-58(2,3)43-30-32-60-55(34-43)64-51-29-26-41(56-42(37-59)19-14-31-61-56)33-50(51)49-28-27-46(36-54(49)64)65-45-21-12-20-44(35-45)62-38-63(53-25-11-10-24-52(53)62)57-47(39-15-6-4-7-16-39)22-13-23-48(57)40-17-8-5-9-18-40;/h4-34H,1-3H3;/q-2;/i4D,5D,6D,7D,8D,9D,15D,16D,17D,18D;. The number of rotatable bonds is 8. The van der Waals surface area contributed by atoms with Gasteiger partial charge in [0.25, 0.3) is 6.33 Å². The fraction of sp³-hybridized carbons (Fsp3) is 0.0690. The Hall–Kier alpha value is -7.91. The Labute approximate surface area is 411 Å². The summed E-state index contributed by atoms with van der Waals surface area (Å²) in [5.41, 5.74) is 5.92. The Kier molecular flexibility index (Phi) is 8.32. The number of hydrogen-bond donors (Lipinski definition) is 0. The van der Waals surface area contributed by atoms with Crippen LogP contribution in [-0.2, 0) is 26.5 Å². The second-order valence-electron chi connectivity index (χ2n) is 16.3. The first-order chi connectivity index (χ1) is 36.0. The zero-order valence-electron chi connectivity index (χ0n) is 45.5. The van der Waals surface area contributed by atoms with Gasteiger partial charge in [-0.1, -0.05) is 141 Å². The SMILES string of the molecule is [2H]c1c([2H])c([2H])c(-c2cccc(-c3c([2H])c([2H])c([2H])c([2H])c3[2H])c2-[n+]2[c-]n(-c3[c-]c(Oc4[c-]c5c(cc4)c4cc(-c6ncccc6C#N)ccc4n5-c4cc(C(C)(C)C)ccn4)ccc3)c3ccccc32)c([2H])c1[2H].[Pt]. The third-order valence-electron chi connectivity index (χ3n) is 11.3. The van der Waals surface area contributed by atoms with Crippen LogP contribution in [0, 0.1) is 29.8 Å². The molecule has 0 spiro atoms. The molecular weight excluding hydrogens is 992 g/mol. The Morgan fingerprint density at radius 1 is 0.667 bits per heavy atom. The number of imidazole rings is 1. The molecule has 7 aromatic carbocycles. The molecule has 11 rings (SSSR count). The van der Waals surface area contributed by atoms with Crippen LogP contribution in [0.2, 0.25) is 0 Å². The quantitative estimate of drug-likeness (QED) is 0.112. The Morgan fingerprint density at radius 2 is 1.39 bits per heavy atom. The van der Waals surface area contributed by atoms with Gasteiger partial charge in [-0.05, 0) is 74.6 Å². The molecule has 0 radical (unpaired) electrons. The summed E-state index contributed by atoms with van der Waals surface area (Å²) in [5.74, 6) is 1.37. The first kappa shape index (κ1) is 31.9. The normalized spacial score (nSPS) is 13.5. The van der Waals surface area contributed by atoms with Gasteiger partial charge in [-0.3, -0.25) is 9.55 Å². The van der Waals surface area contributed by atoms with E-state index in [4.69, 9.17) is 23.4 Å². The molecule has 0 aliphatic rings. The van der Waals surface area contributed by atoms with E-state index >= 15 is 0 Å². The van der Waals surface area contributed by atoms with Crippen molar-refractivity contribution in [3.8, 4) is 68.3 Å². The number of hydrogen-bond acceptors (Lipinski definition) is 4. The van der Waals surface area contributed by atoms with Gasteiger partial charge in [-0.2, -0.15) is 23.5 Å². The summed E-state index contributed by atoms with van der Waals surface area (Å²) in [4.78, 5) is 9.40. The van der Waals surface area contributed by atoms with Gasteiger partial charge in [-0.15, -0.1) is 29.7 Å². The minimum atomic E-state index is -0.584. The van der Waals surface area contributed by atoms with Crippen molar-refractivity contribution in [3.63, 3.8) is 0 Å². The van der Waals surface area contributed by atoms with Gasteiger partial charge in [0.05, 0.1) is 41.7 Å². The predicted molar refractivity (Wildman–Crippen MR) is 257 cm³/mol. The van der Waals surface area contributed by atoms with Gasteiger partial charge >= 0.3 is 0 Å². The molecule has 0 fully saturated rings. The predicted octanol–water partition coefficient (Wildman–Crippen LogP) is 13.2. The minimum Gasteiger partial charge on any atom is -0.510 e. The van der Waals surface area contributed by atoms with Crippen molar-refractivity contribution < 1.29 is 44.1 Å². The van der Waals surface area contributed by atoms with E-state index in [2.05, 4.69) is 56.4 Å². The maximum Gasteiger partial charge on any atom is 0.268 e. The molecule has 11 aromatic rings. The zero-order chi connectivity index (χ0) is 52.8. The molecule has 0 N–H and O–H groups in total. The Balaban J connectivity index is 0.00000657. The molecule has 320 valence electrons. The van der Waals surface area contributed by atoms with Crippen molar-refractivity contribution in [2.75, 3.05) is 0 Å². The molecule has 8 heteroatoms. The van der Waals surface area contributed by atoms with Crippen LogP contribution in [0.4, 0.5) is 0 Å². The smallest absolute Gasteiger partial charge is 0.268 e. The zero-order valence-corrected chi connectivity index (χ0v) is 37.8. The molecular formula is C58H40N6OPt-2. The summed E-state index contributed by atoms with van der Waals surface area (Å²) in [6, 6.07) is 38.4. The van der Waals surface area contributed by atoms with Gasteiger partial charge < -0.3 is 13.9 Å². The van der Waals surface area contributed by atoms with E-state index in [1.807, 2.05) is 53.1 Å². The maximum atomic E-state index is 9.93. The molecule has 0 saturated heterocycles. The summed E-state index contributed by atoms with van der Waals surface area (Å²) in [6.45, 7) is 6.43. The van der Waals surface area contributed by atoms with Crippen LogP contribution in [0.5, 0.6) is 11.5 Å². The summed E-state index contributed by atoms with van der Waals surface area (Å²) < 4.78 is 99.0. The third kappa shape index (κ3) is 7.56. The average Bonchev–Trinajstić information content (AvgIpc) is 3.98. The molecule has 7 nitrogen and oxygen atoms in total. The minimum absolute atomic E-state index is 0. The van der Waals surface area contributed by atoms with Crippen molar-refractivity contribution in [2.24, 2.45) is 0 Å². The molecule has 66 heavy (non-hydrogen) atoms. The van der Waals surface area contributed by atoms with Crippen LogP contribution in [-0.4, -0.2) is 19.1 Å². The number of benzene rings is 7. The summed E-state index contributed by atoms with van der Waals surface area (Å²) >= 11 is 0. The van der Waals surface area contributed by atoms with E-state index in [0.29, 0.717) is 50.8 Å². The second-order valence-corrected chi connectivity index (χ2v) is 16.3. The largest absolute Gasteiger partial charge is 0.510 e.